The molecule has 1 aromatic carbocycles. The van der Waals surface area contributed by atoms with Crippen LogP contribution in [0.1, 0.15) is 61.9 Å². The van der Waals surface area contributed by atoms with Crippen LogP contribution in [0.5, 0.6) is 11.5 Å². The number of benzene rings is 1. The standard InChI is InChI=1S/C34H49N3O12S/c1-21-8-6-9-24(35-30(44)20-50-34(28(43)17-38)49-29(18-39)22(2)40)10-7-11-25(36-47-19-31(45)37-12-4-3-5-13-37)14-23-15-26(41)16-27(42)32(23)33(46)48-21/h6-7,9,11,15-16,21-22,24,28-29,34,38-43H,3-5,8,10,12-14,17-20H2,1-2H3,(H,35,44)/b9-6+,11-7+,36-25+/t21-,22+,24+,28+,29?,34+/m1/s1. The first-order valence-electron chi connectivity index (χ1n) is 16.6. The van der Waals surface area contributed by atoms with Gasteiger partial charge in [0.25, 0.3) is 5.91 Å². The zero-order chi connectivity index (χ0) is 36.6. The molecule has 1 saturated heterocycles. The third-order valence-electron chi connectivity index (χ3n) is 7.94. The molecular weight excluding hydrogens is 674 g/mol. The van der Waals surface area contributed by atoms with Gasteiger partial charge < -0.3 is 55.2 Å². The molecule has 16 heteroatoms. The summed E-state index contributed by atoms with van der Waals surface area (Å²) in [6.45, 7) is 2.84. The summed E-state index contributed by atoms with van der Waals surface area (Å²) in [6.07, 6.45) is 5.97. The molecule has 0 aliphatic carbocycles. The Morgan fingerprint density at radius 2 is 1.84 bits per heavy atom. The smallest absolute Gasteiger partial charge is 0.342 e. The molecule has 0 spiro atoms. The highest BCUT2D eigenvalue weighted by Gasteiger charge is 2.28. The van der Waals surface area contributed by atoms with Crippen molar-refractivity contribution in [1.29, 1.82) is 0 Å². The average molecular weight is 724 g/mol. The fraction of sp³-hybridized carbons (Fsp3) is 0.588. The number of carbonyl (C=O) groups excluding carboxylic acids is 3. The second-order valence-electron chi connectivity index (χ2n) is 12.2. The second-order valence-corrected chi connectivity index (χ2v) is 13.3. The summed E-state index contributed by atoms with van der Waals surface area (Å²) < 4.78 is 11.1. The normalized spacial score (nSPS) is 23.4. The van der Waals surface area contributed by atoms with Crippen LogP contribution in [0.25, 0.3) is 0 Å². The Morgan fingerprint density at radius 3 is 2.52 bits per heavy atom. The summed E-state index contributed by atoms with van der Waals surface area (Å²) >= 11 is 0.885. The quantitative estimate of drug-likeness (QED) is 0.0657. The number of carbonyl (C=O) groups is 3. The molecule has 1 unspecified atom stereocenters. The van der Waals surface area contributed by atoms with Crippen molar-refractivity contribution in [2.75, 3.05) is 38.7 Å². The predicted octanol–water partition coefficient (Wildman–Crippen LogP) is 1.13. The highest BCUT2D eigenvalue weighted by Crippen LogP contribution is 2.29. The molecule has 2 aliphatic heterocycles. The van der Waals surface area contributed by atoms with Crippen molar-refractivity contribution in [2.45, 2.75) is 88.3 Å². The number of amides is 2. The molecule has 0 saturated carbocycles. The van der Waals surface area contributed by atoms with Gasteiger partial charge in [0.05, 0.1) is 36.8 Å². The van der Waals surface area contributed by atoms with E-state index in [-0.39, 0.29) is 60.1 Å². The first kappa shape index (κ1) is 40.8. The molecule has 1 fully saturated rings. The van der Waals surface area contributed by atoms with Crippen molar-refractivity contribution < 1.29 is 59.3 Å². The maximum absolute atomic E-state index is 13.2. The summed E-state index contributed by atoms with van der Waals surface area (Å²) in [5, 5.41) is 66.8. The number of ether oxygens (including phenoxy) is 2. The molecule has 2 amide bonds. The fourth-order valence-electron chi connectivity index (χ4n) is 5.24. The summed E-state index contributed by atoms with van der Waals surface area (Å²) in [5.74, 6) is -2.42. The average Bonchev–Trinajstić information content (AvgIpc) is 3.07. The molecular formula is C34H49N3O12S. The van der Waals surface area contributed by atoms with Gasteiger partial charge in [0, 0.05) is 32.0 Å². The van der Waals surface area contributed by atoms with Crippen molar-refractivity contribution in [3.8, 4) is 11.5 Å². The second kappa shape index (κ2) is 20.9. The van der Waals surface area contributed by atoms with Gasteiger partial charge in [-0.3, -0.25) is 9.59 Å². The number of oxime groups is 1. The Kier molecular flexibility index (Phi) is 17.0. The van der Waals surface area contributed by atoms with Gasteiger partial charge in [-0.1, -0.05) is 23.4 Å². The zero-order valence-electron chi connectivity index (χ0n) is 28.3. The zero-order valence-corrected chi connectivity index (χ0v) is 29.2. The van der Waals surface area contributed by atoms with Crippen LogP contribution in [-0.4, -0.2) is 134 Å². The SMILES string of the molecule is C[C@@H]1C/C=C/[C@H](NC(=O)CS[C@H](OC(CO)[C@H](C)O)[C@@H](O)CO)C/C=C/C(=N\OCC(=O)N2CCCCC2)Cc2cc(O)cc(O)c2C(=O)O1. The van der Waals surface area contributed by atoms with Gasteiger partial charge in [-0.2, -0.15) is 0 Å². The van der Waals surface area contributed by atoms with Crippen LogP contribution < -0.4 is 5.32 Å². The Balaban J connectivity index is 1.81. The number of piperidine rings is 1. The number of rotatable bonds is 13. The molecule has 0 radical (unpaired) electrons. The summed E-state index contributed by atoms with van der Waals surface area (Å²) in [4.78, 5) is 46.0. The van der Waals surface area contributed by atoms with E-state index in [2.05, 4.69) is 10.5 Å². The molecule has 0 aromatic heterocycles. The molecule has 2 heterocycles. The van der Waals surface area contributed by atoms with Crippen molar-refractivity contribution in [3.05, 3.63) is 47.6 Å². The maximum Gasteiger partial charge on any atom is 0.342 e. The van der Waals surface area contributed by atoms with Gasteiger partial charge in [-0.15, -0.1) is 11.8 Å². The number of hydrogen-bond acceptors (Lipinski definition) is 14. The van der Waals surface area contributed by atoms with Crippen LogP contribution in [0.15, 0.2) is 41.6 Å². The van der Waals surface area contributed by atoms with Gasteiger partial charge in [-0.25, -0.2) is 4.79 Å². The number of phenols is 2. The lowest BCUT2D eigenvalue weighted by Gasteiger charge is -2.27. The van der Waals surface area contributed by atoms with Crippen LogP contribution in [0.2, 0.25) is 0 Å². The molecule has 1 aromatic rings. The van der Waals surface area contributed by atoms with E-state index in [0.29, 0.717) is 13.1 Å². The number of cyclic esters (lactones) is 1. The number of thioether (sulfide) groups is 1. The van der Waals surface area contributed by atoms with E-state index in [0.717, 1.165) is 37.1 Å². The van der Waals surface area contributed by atoms with Gasteiger partial charge >= 0.3 is 5.97 Å². The van der Waals surface area contributed by atoms with Crippen LogP contribution >= 0.6 is 11.8 Å². The monoisotopic (exact) mass is 723 g/mol. The van der Waals surface area contributed by atoms with Crippen LogP contribution in [0, 0.1) is 0 Å². The molecule has 3 rings (SSSR count). The minimum Gasteiger partial charge on any atom is -0.508 e. The first-order chi connectivity index (χ1) is 23.9. The van der Waals surface area contributed by atoms with Crippen molar-refractivity contribution in [1.82, 2.24) is 10.2 Å². The highest BCUT2D eigenvalue weighted by atomic mass is 32.2. The van der Waals surface area contributed by atoms with E-state index < -0.39 is 66.7 Å². The summed E-state index contributed by atoms with van der Waals surface area (Å²) in [7, 11) is 0. The maximum atomic E-state index is 13.2. The number of aliphatic hydroxyl groups is 4. The van der Waals surface area contributed by atoms with Crippen LogP contribution in [0.3, 0.4) is 0 Å². The molecule has 50 heavy (non-hydrogen) atoms. The van der Waals surface area contributed by atoms with Crippen molar-refractivity contribution in [2.24, 2.45) is 5.16 Å². The number of aliphatic hydroxyl groups excluding tert-OH is 4. The van der Waals surface area contributed by atoms with E-state index in [9.17, 15) is 45.0 Å². The molecule has 6 atom stereocenters. The molecule has 15 nitrogen and oxygen atoms in total. The number of fused-ring (bicyclic) bond motifs is 1. The van der Waals surface area contributed by atoms with E-state index in [1.54, 1.807) is 36.1 Å². The van der Waals surface area contributed by atoms with Gasteiger partial charge in [0.1, 0.15) is 40.8 Å². The van der Waals surface area contributed by atoms with E-state index in [1.807, 2.05) is 0 Å². The molecule has 2 aliphatic rings. The third-order valence-corrected chi connectivity index (χ3v) is 9.12. The molecule has 7 N–H and O–H groups in total. The fourth-order valence-corrected chi connectivity index (χ4v) is 6.17. The lowest BCUT2D eigenvalue weighted by atomic mass is 9.99. The molecule has 0 bridgehead atoms. The van der Waals surface area contributed by atoms with E-state index in [1.165, 1.54) is 13.0 Å². The summed E-state index contributed by atoms with van der Waals surface area (Å²) in [6, 6.07) is 1.79. The number of phenolic OH excluding ortho intramolecular Hbond substituents is 2. The minimum atomic E-state index is -1.38. The number of esters is 1. The number of allylic oxidation sites excluding steroid dienone is 1. The van der Waals surface area contributed by atoms with Crippen molar-refractivity contribution >= 4 is 35.3 Å². The number of hydrogen-bond donors (Lipinski definition) is 7. The van der Waals surface area contributed by atoms with E-state index in [4.69, 9.17) is 14.3 Å². The largest absolute Gasteiger partial charge is 0.508 e. The van der Waals surface area contributed by atoms with Crippen LogP contribution in [0.4, 0.5) is 0 Å². The topological polar surface area (TPSA) is 228 Å². The first-order valence-corrected chi connectivity index (χ1v) is 17.7. The van der Waals surface area contributed by atoms with Crippen molar-refractivity contribution in [3.63, 3.8) is 0 Å². The number of aromatic hydroxyl groups is 2. The highest BCUT2D eigenvalue weighted by molar-refractivity contribution is 8.00. The number of likely N-dealkylation sites (tertiary alicyclic amines) is 1. The Hall–Kier alpha value is -3.67. The number of nitrogens with zero attached hydrogens (tertiary/aromatic N) is 2. The lowest BCUT2D eigenvalue weighted by molar-refractivity contribution is -0.137. The van der Waals surface area contributed by atoms with Gasteiger partial charge in [-0.05, 0) is 57.2 Å². The van der Waals surface area contributed by atoms with Crippen LogP contribution in [-0.2, 0) is 30.3 Å². The number of nitrogens with one attached hydrogen (secondary N) is 1. The Labute approximate surface area is 295 Å². The lowest BCUT2D eigenvalue weighted by Crippen LogP contribution is -2.40. The van der Waals surface area contributed by atoms with Gasteiger partial charge in [0.15, 0.2) is 6.61 Å². The minimum absolute atomic E-state index is 0.0887. The third kappa shape index (κ3) is 13.2. The van der Waals surface area contributed by atoms with E-state index >= 15 is 0 Å². The Bertz CT molecular complexity index is 1360. The summed E-state index contributed by atoms with van der Waals surface area (Å²) in [5.41, 5.74) is -0.796. The Morgan fingerprint density at radius 1 is 1.10 bits per heavy atom. The predicted molar refractivity (Wildman–Crippen MR) is 185 cm³/mol. The van der Waals surface area contributed by atoms with Gasteiger partial charge in [0.2, 0.25) is 5.91 Å². The molecule has 278 valence electrons.